The molecule has 31 heavy (non-hydrogen) atoms. The molecule has 2 aromatic rings. The number of aromatic nitrogens is 1. The van der Waals surface area contributed by atoms with Gasteiger partial charge in [0.15, 0.2) is 0 Å². The van der Waals surface area contributed by atoms with Crippen molar-refractivity contribution < 1.29 is 27.5 Å². The van der Waals surface area contributed by atoms with Gasteiger partial charge in [0, 0.05) is 30.4 Å². The van der Waals surface area contributed by atoms with E-state index in [1.54, 1.807) is 13.0 Å². The maximum absolute atomic E-state index is 12.9. The van der Waals surface area contributed by atoms with Crippen molar-refractivity contribution in [3.8, 4) is 5.88 Å². The second kappa shape index (κ2) is 7.99. The number of benzene rings is 1. The Bertz CT molecular complexity index is 1180. The molecule has 162 valence electrons. The molecule has 10 nitrogen and oxygen atoms in total. The highest BCUT2D eigenvalue weighted by Gasteiger charge is 2.39. The lowest BCUT2D eigenvalue weighted by Gasteiger charge is -2.29. The lowest BCUT2D eigenvalue weighted by molar-refractivity contribution is -0.136. The maximum Gasteiger partial charge on any atom is 0.267 e. The van der Waals surface area contributed by atoms with Gasteiger partial charge in [-0.25, -0.2) is 13.4 Å². The molecule has 0 spiro atoms. The van der Waals surface area contributed by atoms with Gasteiger partial charge >= 0.3 is 0 Å². The van der Waals surface area contributed by atoms with Crippen molar-refractivity contribution in [2.75, 3.05) is 11.3 Å². The monoisotopic (exact) mass is 444 g/mol. The van der Waals surface area contributed by atoms with Gasteiger partial charge in [-0.1, -0.05) is 0 Å². The number of fused-ring (bicyclic) bond motifs is 1. The van der Waals surface area contributed by atoms with Crippen LogP contribution in [0.1, 0.15) is 35.7 Å². The highest BCUT2D eigenvalue weighted by Crippen LogP contribution is 2.31. The molecular formula is C20H20N4O6S. The summed E-state index contributed by atoms with van der Waals surface area (Å²) in [4.78, 5) is 41.6. The van der Waals surface area contributed by atoms with Gasteiger partial charge in [0.25, 0.3) is 15.9 Å². The molecule has 0 radical (unpaired) electrons. The van der Waals surface area contributed by atoms with Crippen LogP contribution >= 0.6 is 0 Å². The van der Waals surface area contributed by atoms with Crippen LogP contribution in [0.15, 0.2) is 41.4 Å². The zero-order valence-electron chi connectivity index (χ0n) is 16.6. The zero-order chi connectivity index (χ0) is 22.2. The van der Waals surface area contributed by atoms with E-state index in [2.05, 4.69) is 15.0 Å². The van der Waals surface area contributed by atoms with Crippen molar-refractivity contribution in [3.05, 3.63) is 47.7 Å². The molecule has 0 bridgehead atoms. The Morgan fingerprint density at radius 2 is 2.06 bits per heavy atom. The van der Waals surface area contributed by atoms with Crippen LogP contribution in [0.25, 0.3) is 0 Å². The number of amides is 3. The van der Waals surface area contributed by atoms with Crippen molar-refractivity contribution >= 4 is 33.4 Å². The van der Waals surface area contributed by atoms with E-state index in [1.807, 2.05) is 0 Å². The third-order valence-electron chi connectivity index (χ3n) is 5.08. The Labute approximate surface area is 178 Å². The maximum atomic E-state index is 12.9. The van der Waals surface area contributed by atoms with Gasteiger partial charge in [-0.2, -0.15) is 0 Å². The van der Waals surface area contributed by atoms with E-state index in [9.17, 15) is 22.8 Å². The van der Waals surface area contributed by atoms with Gasteiger partial charge in [0.1, 0.15) is 10.9 Å². The Morgan fingerprint density at radius 1 is 1.26 bits per heavy atom. The molecule has 2 aliphatic rings. The van der Waals surface area contributed by atoms with Crippen molar-refractivity contribution in [3.63, 3.8) is 0 Å². The molecule has 1 fully saturated rings. The number of nitrogens with one attached hydrogen (secondary N) is 2. The van der Waals surface area contributed by atoms with E-state index >= 15 is 0 Å². The standard InChI is InChI=1S/C20H20N4O6S/c1-2-30-19-16(4-3-9-21-19)31(28,29)23-13-5-6-14-12(10-13)11-24(20(14)27)15-7-8-17(25)22-18(15)26/h3-6,9-10,15,23H,2,7-8,11H2,1H3,(H,22,25,26). The fourth-order valence-corrected chi connectivity index (χ4v) is 4.82. The summed E-state index contributed by atoms with van der Waals surface area (Å²) in [5, 5.41) is 2.25. The van der Waals surface area contributed by atoms with Crippen LogP contribution in [0.4, 0.5) is 5.69 Å². The summed E-state index contributed by atoms with van der Waals surface area (Å²) in [6.07, 6.45) is 1.86. The molecule has 2 N–H and O–H groups in total. The smallest absolute Gasteiger partial charge is 0.267 e. The third-order valence-corrected chi connectivity index (χ3v) is 6.48. The second-order valence-electron chi connectivity index (χ2n) is 7.12. The van der Waals surface area contributed by atoms with Crippen molar-refractivity contribution in [1.82, 2.24) is 15.2 Å². The number of piperidine rings is 1. The SMILES string of the molecule is CCOc1ncccc1S(=O)(=O)Nc1ccc2c(c1)CN(C1CCC(=O)NC1=O)C2=O. The predicted octanol–water partition coefficient (Wildman–Crippen LogP) is 1.04. The van der Waals surface area contributed by atoms with Gasteiger partial charge in [0.2, 0.25) is 17.7 Å². The summed E-state index contributed by atoms with van der Waals surface area (Å²) in [6.45, 7) is 2.13. The molecule has 1 aromatic carbocycles. The first-order valence-electron chi connectivity index (χ1n) is 9.68. The minimum absolute atomic E-state index is 0.00197. The lowest BCUT2D eigenvalue weighted by atomic mass is 10.0. The van der Waals surface area contributed by atoms with Crippen molar-refractivity contribution in [1.29, 1.82) is 0 Å². The Hall–Kier alpha value is -3.47. The number of carbonyl (C=O) groups excluding carboxylic acids is 3. The Kier molecular flexibility index (Phi) is 5.36. The average molecular weight is 444 g/mol. The second-order valence-corrected chi connectivity index (χ2v) is 8.77. The molecule has 0 aliphatic carbocycles. The number of rotatable bonds is 6. The van der Waals surface area contributed by atoms with E-state index in [1.165, 1.54) is 35.4 Å². The molecule has 3 amide bonds. The van der Waals surface area contributed by atoms with E-state index < -0.39 is 22.0 Å². The molecule has 3 heterocycles. The summed E-state index contributed by atoms with van der Waals surface area (Å²) in [6, 6.07) is 6.72. The largest absolute Gasteiger partial charge is 0.477 e. The summed E-state index contributed by atoms with van der Waals surface area (Å²) in [7, 11) is -3.98. The van der Waals surface area contributed by atoms with E-state index in [4.69, 9.17) is 4.74 Å². The quantitative estimate of drug-likeness (QED) is 0.636. The molecule has 4 rings (SSSR count). The molecular weight excluding hydrogens is 424 g/mol. The molecule has 1 unspecified atom stereocenters. The summed E-state index contributed by atoms with van der Waals surface area (Å²) < 4.78 is 33.5. The van der Waals surface area contributed by atoms with Gasteiger partial charge in [-0.15, -0.1) is 0 Å². The van der Waals surface area contributed by atoms with Crippen LogP contribution in [0.5, 0.6) is 5.88 Å². The van der Waals surface area contributed by atoms with Gasteiger partial charge in [-0.05, 0) is 49.2 Å². The number of carbonyl (C=O) groups is 3. The number of hydrogen-bond donors (Lipinski definition) is 2. The number of imide groups is 1. The molecule has 0 saturated carbocycles. The zero-order valence-corrected chi connectivity index (χ0v) is 17.4. The summed E-state index contributed by atoms with van der Waals surface area (Å²) >= 11 is 0. The minimum Gasteiger partial charge on any atom is -0.477 e. The first-order chi connectivity index (χ1) is 14.8. The van der Waals surface area contributed by atoms with Crippen LogP contribution in [0.3, 0.4) is 0 Å². The third kappa shape index (κ3) is 3.96. The van der Waals surface area contributed by atoms with Crippen molar-refractivity contribution in [2.24, 2.45) is 0 Å². The van der Waals surface area contributed by atoms with E-state index in [0.717, 1.165) is 0 Å². The van der Waals surface area contributed by atoms with E-state index in [-0.39, 0.29) is 54.3 Å². The summed E-state index contributed by atoms with van der Waals surface area (Å²) in [5.41, 5.74) is 1.25. The van der Waals surface area contributed by atoms with Crippen LogP contribution in [0.2, 0.25) is 0 Å². The van der Waals surface area contributed by atoms with E-state index in [0.29, 0.717) is 11.1 Å². The van der Waals surface area contributed by atoms with Crippen LogP contribution < -0.4 is 14.8 Å². The Morgan fingerprint density at radius 3 is 2.81 bits per heavy atom. The van der Waals surface area contributed by atoms with Crippen LogP contribution in [-0.2, 0) is 26.2 Å². The first kappa shape index (κ1) is 20.8. The van der Waals surface area contributed by atoms with Gasteiger partial charge in [0.05, 0.1) is 6.61 Å². The molecule has 2 aliphatic heterocycles. The van der Waals surface area contributed by atoms with Crippen molar-refractivity contribution in [2.45, 2.75) is 37.2 Å². The highest BCUT2D eigenvalue weighted by atomic mass is 32.2. The highest BCUT2D eigenvalue weighted by molar-refractivity contribution is 7.92. The number of hydrogen-bond acceptors (Lipinski definition) is 7. The fourth-order valence-electron chi connectivity index (χ4n) is 3.67. The van der Waals surface area contributed by atoms with Gasteiger partial charge in [-0.3, -0.25) is 24.4 Å². The predicted molar refractivity (Wildman–Crippen MR) is 109 cm³/mol. The number of pyridine rings is 1. The molecule has 11 heteroatoms. The number of nitrogens with zero attached hydrogens (tertiary/aromatic N) is 2. The average Bonchev–Trinajstić information content (AvgIpc) is 3.04. The van der Waals surface area contributed by atoms with Gasteiger partial charge < -0.3 is 9.64 Å². The molecule has 1 aromatic heterocycles. The van der Waals surface area contributed by atoms with Crippen LogP contribution in [0, 0.1) is 0 Å². The minimum atomic E-state index is -3.98. The van der Waals surface area contributed by atoms with Crippen LogP contribution in [-0.4, -0.2) is 48.7 Å². The number of anilines is 1. The first-order valence-corrected chi connectivity index (χ1v) is 11.2. The molecule has 1 atom stereocenters. The number of sulfonamides is 1. The lowest BCUT2D eigenvalue weighted by Crippen LogP contribution is -2.52. The molecule has 1 saturated heterocycles. The number of ether oxygens (including phenoxy) is 1. The normalized spacial score (nSPS) is 18.5. The topological polar surface area (TPSA) is 135 Å². The fraction of sp³-hybridized carbons (Fsp3) is 0.300. The Balaban J connectivity index is 1.56. The summed E-state index contributed by atoms with van der Waals surface area (Å²) in [5.74, 6) is -1.19.